The number of benzene rings is 1. The first-order valence-corrected chi connectivity index (χ1v) is 8.97. The van der Waals surface area contributed by atoms with E-state index < -0.39 is 29.5 Å². The van der Waals surface area contributed by atoms with Crippen LogP contribution in [0.2, 0.25) is 0 Å². The number of amides is 1. The summed E-state index contributed by atoms with van der Waals surface area (Å²) in [4.78, 5) is 26.8. The second-order valence-corrected chi connectivity index (χ2v) is 7.91. The van der Waals surface area contributed by atoms with Gasteiger partial charge in [-0.25, -0.2) is 0 Å². The van der Waals surface area contributed by atoms with E-state index in [1.807, 2.05) is 37.3 Å². The molecular formula is C19H18BrNO4. The van der Waals surface area contributed by atoms with Crippen molar-refractivity contribution < 1.29 is 19.4 Å². The van der Waals surface area contributed by atoms with Gasteiger partial charge >= 0.3 is 5.97 Å². The first-order valence-electron chi connectivity index (χ1n) is 8.18. The van der Waals surface area contributed by atoms with Crippen molar-refractivity contribution in [2.45, 2.75) is 31.1 Å². The lowest BCUT2D eigenvalue weighted by molar-refractivity contribution is -0.146. The van der Waals surface area contributed by atoms with Crippen LogP contribution in [0.3, 0.4) is 0 Å². The molecule has 0 unspecified atom stereocenters. The van der Waals surface area contributed by atoms with Crippen molar-refractivity contribution in [1.29, 1.82) is 0 Å². The highest BCUT2D eigenvalue weighted by atomic mass is 79.9. The normalized spacial score (nSPS) is 35.3. The lowest BCUT2D eigenvalue weighted by atomic mass is 9.74. The highest BCUT2D eigenvalue weighted by Gasteiger charge is 2.71. The molecular weight excluding hydrogens is 386 g/mol. The number of carbonyl (C=O) groups is 2. The molecule has 2 fully saturated rings. The molecule has 2 saturated heterocycles. The van der Waals surface area contributed by atoms with Crippen LogP contribution in [0.5, 0.6) is 0 Å². The van der Waals surface area contributed by atoms with Gasteiger partial charge in [-0.05, 0) is 37.6 Å². The van der Waals surface area contributed by atoms with Gasteiger partial charge in [-0.2, -0.15) is 0 Å². The summed E-state index contributed by atoms with van der Waals surface area (Å²) in [5.74, 6) is -2.72. The van der Waals surface area contributed by atoms with Crippen molar-refractivity contribution in [3.63, 3.8) is 0 Å². The third-order valence-corrected chi connectivity index (χ3v) is 5.88. The maximum atomic E-state index is 13.3. The molecule has 1 N–H and O–H groups in total. The summed E-state index contributed by atoms with van der Waals surface area (Å²) in [5.41, 5.74) is 0.776. The Morgan fingerprint density at radius 3 is 2.68 bits per heavy atom. The van der Waals surface area contributed by atoms with E-state index in [2.05, 4.69) is 22.5 Å². The van der Waals surface area contributed by atoms with Crippen LogP contribution in [-0.2, 0) is 14.3 Å². The molecule has 6 heteroatoms. The van der Waals surface area contributed by atoms with Gasteiger partial charge in [0.15, 0.2) is 0 Å². The van der Waals surface area contributed by atoms with Gasteiger partial charge in [-0.1, -0.05) is 33.7 Å². The molecule has 1 amide bonds. The van der Waals surface area contributed by atoms with Crippen LogP contribution in [-0.4, -0.2) is 34.7 Å². The van der Waals surface area contributed by atoms with Gasteiger partial charge < -0.3 is 14.7 Å². The Labute approximate surface area is 154 Å². The molecule has 5 nitrogen and oxygen atoms in total. The molecule has 1 aromatic carbocycles. The van der Waals surface area contributed by atoms with Crippen LogP contribution in [0, 0.1) is 11.8 Å². The van der Waals surface area contributed by atoms with E-state index in [-0.39, 0.29) is 11.9 Å². The number of carboxylic acids is 1. The van der Waals surface area contributed by atoms with Crippen molar-refractivity contribution >= 4 is 33.5 Å². The number of halogens is 1. The van der Waals surface area contributed by atoms with E-state index in [4.69, 9.17) is 4.74 Å². The summed E-state index contributed by atoms with van der Waals surface area (Å²) >= 11 is 3.40. The zero-order valence-corrected chi connectivity index (χ0v) is 15.3. The van der Waals surface area contributed by atoms with Gasteiger partial charge in [-0.15, -0.1) is 6.58 Å². The Bertz CT molecular complexity index is 802. The highest BCUT2D eigenvalue weighted by molar-refractivity contribution is 9.10. The Hall–Kier alpha value is -1.92. The molecule has 130 valence electrons. The number of fused-ring (bicyclic) bond motifs is 1. The fourth-order valence-corrected chi connectivity index (χ4v) is 4.69. The van der Waals surface area contributed by atoms with Crippen molar-refractivity contribution in [1.82, 2.24) is 0 Å². The van der Waals surface area contributed by atoms with Gasteiger partial charge in [0, 0.05) is 10.2 Å². The van der Waals surface area contributed by atoms with Crippen molar-refractivity contribution in [3.05, 3.63) is 53.0 Å². The maximum Gasteiger partial charge on any atom is 0.310 e. The number of carbonyl (C=O) groups excluding carboxylic acids is 1. The fraction of sp³-hybridized carbons (Fsp3) is 0.368. The van der Waals surface area contributed by atoms with E-state index in [0.29, 0.717) is 6.42 Å². The Kier molecular flexibility index (Phi) is 3.67. The van der Waals surface area contributed by atoms with Gasteiger partial charge in [0.2, 0.25) is 5.91 Å². The third kappa shape index (κ3) is 2.24. The molecule has 0 aromatic heterocycles. The Morgan fingerprint density at radius 2 is 2.08 bits per heavy atom. The van der Waals surface area contributed by atoms with E-state index in [0.717, 1.165) is 15.7 Å². The molecule has 1 spiro atoms. The van der Waals surface area contributed by atoms with Crippen molar-refractivity contribution in [3.8, 4) is 0 Å². The van der Waals surface area contributed by atoms with Gasteiger partial charge in [-0.3, -0.25) is 9.59 Å². The fourth-order valence-electron chi connectivity index (χ4n) is 4.42. The number of rotatable bonds is 4. The van der Waals surface area contributed by atoms with Crippen LogP contribution in [0.4, 0.5) is 5.69 Å². The zero-order valence-electron chi connectivity index (χ0n) is 13.7. The van der Waals surface area contributed by atoms with E-state index in [1.54, 1.807) is 11.0 Å². The molecule has 0 radical (unpaired) electrons. The third-order valence-electron chi connectivity index (χ3n) is 5.35. The van der Waals surface area contributed by atoms with Crippen LogP contribution in [0.25, 0.3) is 0 Å². The number of anilines is 1. The van der Waals surface area contributed by atoms with E-state index in [1.165, 1.54) is 0 Å². The van der Waals surface area contributed by atoms with Crippen molar-refractivity contribution in [2.24, 2.45) is 11.8 Å². The molecule has 0 saturated carbocycles. The highest BCUT2D eigenvalue weighted by Crippen LogP contribution is 2.56. The summed E-state index contributed by atoms with van der Waals surface area (Å²) in [6, 6.07) is 7.16. The Balaban J connectivity index is 1.84. The minimum Gasteiger partial charge on any atom is -0.481 e. The molecule has 1 aromatic rings. The number of carboxylic acid groups (broad SMARTS) is 1. The lowest BCUT2D eigenvalue weighted by Gasteiger charge is -2.33. The van der Waals surface area contributed by atoms with Crippen LogP contribution >= 0.6 is 15.9 Å². The molecule has 2 bridgehead atoms. The molecule has 3 aliphatic rings. The molecule has 25 heavy (non-hydrogen) atoms. The van der Waals surface area contributed by atoms with E-state index in [9.17, 15) is 14.7 Å². The molecule has 3 heterocycles. The lowest BCUT2D eigenvalue weighted by Crippen LogP contribution is -2.45. The first kappa shape index (κ1) is 16.5. The minimum atomic E-state index is -0.985. The van der Waals surface area contributed by atoms with Gasteiger partial charge in [0.1, 0.15) is 11.5 Å². The standard InChI is InChI=1S/C19H18BrNO4/c1-10(2)9-14-19-8-7-13(25-19)15(18(23)24)16(19)17(22)21(14)12-5-3-11(20)4-6-12/h3-8,13-16H,1,9H2,2H3,(H,23,24)/t13-,14+,15+,16-,19+/m1/s1. The second kappa shape index (κ2) is 5.54. The minimum absolute atomic E-state index is 0.187. The summed E-state index contributed by atoms with van der Waals surface area (Å²) < 4.78 is 7.03. The number of nitrogens with zero attached hydrogens (tertiary/aromatic N) is 1. The van der Waals surface area contributed by atoms with Crippen LogP contribution < -0.4 is 4.90 Å². The number of ether oxygens (including phenoxy) is 1. The predicted molar refractivity (Wildman–Crippen MR) is 96.2 cm³/mol. The average Bonchev–Trinajstić information content (AvgIpc) is 3.18. The summed E-state index contributed by atoms with van der Waals surface area (Å²) in [6.45, 7) is 5.90. The zero-order chi connectivity index (χ0) is 17.9. The average molecular weight is 404 g/mol. The monoisotopic (exact) mass is 403 g/mol. The topological polar surface area (TPSA) is 66.8 Å². The van der Waals surface area contributed by atoms with Crippen molar-refractivity contribution in [2.75, 3.05) is 4.90 Å². The Morgan fingerprint density at radius 1 is 1.40 bits per heavy atom. The summed E-state index contributed by atoms with van der Waals surface area (Å²) in [6.07, 6.45) is 3.71. The number of hydrogen-bond acceptors (Lipinski definition) is 3. The van der Waals surface area contributed by atoms with Gasteiger partial charge in [0.05, 0.1) is 18.1 Å². The number of hydrogen-bond donors (Lipinski definition) is 1. The molecule has 4 rings (SSSR count). The molecule has 3 aliphatic heterocycles. The molecule has 5 atom stereocenters. The SMILES string of the molecule is C=C(C)C[C@@H]1N(c2ccc(Br)cc2)C(=O)[C@H]2[C@@H](C(=O)O)[C@H]3C=C[C@]12O3. The molecule has 0 aliphatic carbocycles. The van der Waals surface area contributed by atoms with Gasteiger partial charge in [0.25, 0.3) is 0 Å². The smallest absolute Gasteiger partial charge is 0.310 e. The summed E-state index contributed by atoms with van der Waals surface area (Å²) in [5, 5.41) is 9.65. The largest absolute Gasteiger partial charge is 0.481 e. The predicted octanol–water partition coefficient (Wildman–Crippen LogP) is 3.15. The first-order chi connectivity index (χ1) is 11.8. The van der Waals surface area contributed by atoms with Crippen LogP contribution in [0.15, 0.2) is 53.0 Å². The van der Waals surface area contributed by atoms with Crippen LogP contribution in [0.1, 0.15) is 13.3 Å². The maximum absolute atomic E-state index is 13.3. The summed E-state index contributed by atoms with van der Waals surface area (Å²) in [7, 11) is 0. The second-order valence-electron chi connectivity index (χ2n) is 7.00. The number of aliphatic carboxylic acids is 1. The quantitative estimate of drug-likeness (QED) is 0.784. The van der Waals surface area contributed by atoms with E-state index >= 15 is 0 Å².